The number of amides is 2. The van der Waals surface area contributed by atoms with E-state index in [9.17, 15) is 9.59 Å². The molecule has 0 bridgehead atoms. The minimum Gasteiger partial charge on any atom is -0.347 e. The van der Waals surface area contributed by atoms with Crippen LogP contribution in [0.5, 0.6) is 0 Å². The molecule has 23 heavy (non-hydrogen) atoms. The zero-order valence-electron chi connectivity index (χ0n) is 13.3. The zero-order chi connectivity index (χ0) is 16.3. The molecule has 2 heterocycles. The van der Waals surface area contributed by atoms with Crippen LogP contribution in [0.15, 0.2) is 30.3 Å². The van der Waals surface area contributed by atoms with E-state index < -0.39 is 17.6 Å². The molecule has 0 radical (unpaired) electrons. The van der Waals surface area contributed by atoms with Crippen molar-refractivity contribution >= 4 is 11.8 Å². The van der Waals surface area contributed by atoms with Crippen LogP contribution < -0.4 is 5.32 Å². The summed E-state index contributed by atoms with van der Waals surface area (Å²) in [4.78, 5) is 26.0. The molecule has 6 nitrogen and oxygen atoms in total. The van der Waals surface area contributed by atoms with Crippen LogP contribution in [0.4, 0.5) is 0 Å². The molecule has 0 saturated carbocycles. The summed E-state index contributed by atoms with van der Waals surface area (Å²) < 4.78 is 11.3. The third kappa shape index (κ3) is 3.54. The number of rotatable bonds is 2. The molecule has 1 N–H and O–H groups in total. The van der Waals surface area contributed by atoms with Gasteiger partial charge < -0.3 is 19.7 Å². The van der Waals surface area contributed by atoms with Crippen LogP contribution in [0, 0.1) is 0 Å². The number of nitrogens with zero attached hydrogens (tertiary/aromatic N) is 1. The average molecular weight is 318 g/mol. The van der Waals surface area contributed by atoms with Gasteiger partial charge in [-0.1, -0.05) is 30.3 Å². The van der Waals surface area contributed by atoms with E-state index in [1.165, 1.54) is 0 Å². The van der Waals surface area contributed by atoms with Gasteiger partial charge >= 0.3 is 11.8 Å². The first-order valence-corrected chi connectivity index (χ1v) is 8.02. The summed E-state index contributed by atoms with van der Waals surface area (Å²) in [5.41, 5.74) is 0.971. The molecule has 0 aliphatic carbocycles. The van der Waals surface area contributed by atoms with E-state index in [0.717, 1.165) is 5.56 Å². The standard InChI is InChI=1S/C17H22N2O4/c1-13(14-5-3-2-4-6-14)18-15(20)16(21)19-9-7-17(8-10-19)22-11-12-23-17/h2-6,13H,7-12H2,1H3,(H,18,20). The van der Waals surface area contributed by atoms with Crippen LogP contribution >= 0.6 is 0 Å². The smallest absolute Gasteiger partial charge is 0.311 e. The molecule has 0 aromatic heterocycles. The van der Waals surface area contributed by atoms with Crippen molar-refractivity contribution in [3.05, 3.63) is 35.9 Å². The molecule has 1 atom stereocenters. The van der Waals surface area contributed by atoms with Gasteiger partial charge in [0.15, 0.2) is 5.79 Å². The average Bonchev–Trinajstić information content (AvgIpc) is 3.03. The molecule has 2 fully saturated rings. The first-order valence-electron chi connectivity index (χ1n) is 8.02. The Morgan fingerprint density at radius 1 is 1.13 bits per heavy atom. The number of ether oxygens (including phenoxy) is 2. The first-order chi connectivity index (χ1) is 11.1. The van der Waals surface area contributed by atoms with Gasteiger partial charge in [0.1, 0.15) is 0 Å². The van der Waals surface area contributed by atoms with Gasteiger partial charge in [0, 0.05) is 25.9 Å². The van der Waals surface area contributed by atoms with Gasteiger partial charge in [-0.25, -0.2) is 0 Å². The number of nitrogens with one attached hydrogen (secondary N) is 1. The fraction of sp³-hybridized carbons (Fsp3) is 0.529. The van der Waals surface area contributed by atoms with E-state index in [1.807, 2.05) is 37.3 Å². The molecule has 1 aromatic rings. The third-order valence-electron chi connectivity index (χ3n) is 4.47. The van der Waals surface area contributed by atoms with Crippen molar-refractivity contribution in [2.45, 2.75) is 31.6 Å². The summed E-state index contributed by atoms with van der Waals surface area (Å²) in [6, 6.07) is 9.38. The Balaban J connectivity index is 1.53. The molecule has 2 aliphatic rings. The number of benzene rings is 1. The summed E-state index contributed by atoms with van der Waals surface area (Å²) >= 11 is 0. The maximum absolute atomic E-state index is 12.3. The highest BCUT2D eigenvalue weighted by molar-refractivity contribution is 6.35. The number of hydrogen-bond donors (Lipinski definition) is 1. The van der Waals surface area contributed by atoms with Crippen molar-refractivity contribution in [3.8, 4) is 0 Å². The largest absolute Gasteiger partial charge is 0.347 e. The highest BCUT2D eigenvalue weighted by atomic mass is 16.7. The topological polar surface area (TPSA) is 67.9 Å². The van der Waals surface area contributed by atoms with Crippen molar-refractivity contribution in [1.82, 2.24) is 10.2 Å². The van der Waals surface area contributed by atoms with Crippen molar-refractivity contribution in [2.24, 2.45) is 0 Å². The predicted octanol–water partition coefficient (Wildman–Crippen LogP) is 1.23. The lowest BCUT2D eigenvalue weighted by Gasteiger charge is -2.37. The molecule has 2 amide bonds. The van der Waals surface area contributed by atoms with Crippen LogP contribution in [-0.2, 0) is 19.1 Å². The van der Waals surface area contributed by atoms with Crippen LogP contribution in [-0.4, -0.2) is 48.8 Å². The Bertz CT molecular complexity index is 559. The Morgan fingerprint density at radius 2 is 1.74 bits per heavy atom. The van der Waals surface area contributed by atoms with Gasteiger partial charge in [-0.05, 0) is 12.5 Å². The summed E-state index contributed by atoms with van der Waals surface area (Å²) in [7, 11) is 0. The molecule has 2 saturated heterocycles. The molecule has 2 aliphatic heterocycles. The second kappa shape index (κ2) is 6.68. The van der Waals surface area contributed by atoms with Crippen molar-refractivity contribution in [1.29, 1.82) is 0 Å². The van der Waals surface area contributed by atoms with Gasteiger partial charge in [0.2, 0.25) is 0 Å². The Kier molecular flexibility index (Phi) is 4.63. The van der Waals surface area contributed by atoms with E-state index in [4.69, 9.17) is 9.47 Å². The van der Waals surface area contributed by atoms with Crippen LogP contribution in [0.3, 0.4) is 0 Å². The monoisotopic (exact) mass is 318 g/mol. The molecule has 6 heteroatoms. The second-order valence-corrected chi connectivity index (χ2v) is 6.01. The normalized spacial score (nSPS) is 21.2. The number of hydrogen-bond acceptors (Lipinski definition) is 4. The summed E-state index contributed by atoms with van der Waals surface area (Å²) in [5.74, 6) is -1.59. The number of likely N-dealkylation sites (tertiary alicyclic amines) is 1. The number of piperidine rings is 1. The summed E-state index contributed by atoms with van der Waals surface area (Å²) in [5, 5.41) is 2.76. The zero-order valence-corrected chi connectivity index (χ0v) is 13.3. The molecule has 1 unspecified atom stereocenters. The van der Waals surface area contributed by atoms with E-state index in [1.54, 1.807) is 4.90 Å². The molecule has 3 rings (SSSR count). The van der Waals surface area contributed by atoms with E-state index >= 15 is 0 Å². The van der Waals surface area contributed by atoms with Crippen molar-refractivity contribution < 1.29 is 19.1 Å². The van der Waals surface area contributed by atoms with E-state index in [0.29, 0.717) is 39.1 Å². The van der Waals surface area contributed by atoms with E-state index in [2.05, 4.69) is 5.32 Å². The van der Waals surface area contributed by atoms with Gasteiger partial charge in [-0.15, -0.1) is 0 Å². The minimum atomic E-state index is -0.564. The highest BCUT2D eigenvalue weighted by Crippen LogP contribution is 2.31. The van der Waals surface area contributed by atoms with E-state index in [-0.39, 0.29) is 6.04 Å². The third-order valence-corrected chi connectivity index (χ3v) is 4.47. The van der Waals surface area contributed by atoms with Crippen LogP contribution in [0.2, 0.25) is 0 Å². The fourth-order valence-corrected chi connectivity index (χ4v) is 3.06. The SMILES string of the molecule is CC(NC(=O)C(=O)N1CCC2(CC1)OCCO2)c1ccccc1. The maximum atomic E-state index is 12.3. The summed E-state index contributed by atoms with van der Waals surface area (Å²) in [6.45, 7) is 4.02. The van der Waals surface area contributed by atoms with Crippen LogP contribution in [0.1, 0.15) is 31.4 Å². The number of carbonyl (C=O) groups is 2. The van der Waals surface area contributed by atoms with Gasteiger partial charge in [-0.2, -0.15) is 0 Å². The van der Waals surface area contributed by atoms with Gasteiger partial charge in [-0.3, -0.25) is 9.59 Å². The second-order valence-electron chi connectivity index (χ2n) is 6.01. The predicted molar refractivity (Wildman–Crippen MR) is 83.4 cm³/mol. The van der Waals surface area contributed by atoms with Crippen LogP contribution in [0.25, 0.3) is 0 Å². The maximum Gasteiger partial charge on any atom is 0.311 e. The lowest BCUT2D eigenvalue weighted by molar-refractivity contribution is -0.188. The van der Waals surface area contributed by atoms with Crippen molar-refractivity contribution in [3.63, 3.8) is 0 Å². The molecule has 1 aromatic carbocycles. The fourth-order valence-electron chi connectivity index (χ4n) is 3.06. The molecule has 1 spiro atoms. The Hall–Kier alpha value is -1.92. The molecular weight excluding hydrogens is 296 g/mol. The number of carbonyl (C=O) groups excluding carboxylic acids is 2. The quantitative estimate of drug-likeness (QED) is 0.833. The highest BCUT2D eigenvalue weighted by Gasteiger charge is 2.41. The lowest BCUT2D eigenvalue weighted by atomic mass is 10.0. The minimum absolute atomic E-state index is 0.203. The Labute approximate surface area is 135 Å². The lowest BCUT2D eigenvalue weighted by Crippen LogP contribution is -2.51. The van der Waals surface area contributed by atoms with Crippen molar-refractivity contribution in [2.75, 3.05) is 26.3 Å². The molecule has 124 valence electrons. The Morgan fingerprint density at radius 3 is 2.35 bits per heavy atom. The van der Waals surface area contributed by atoms with Gasteiger partial charge in [0.25, 0.3) is 0 Å². The summed E-state index contributed by atoms with van der Waals surface area (Å²) in [6.07, 6.45) is 1.22. The first kappa shape index (κ1) is 16.0. The van der Waals surface area contributed by atoms with Gasteiger partial charge in [0.05, 0.1) is 19.3 Å². The molecular formula is C17H22N2O4.